The van der Waals surface area contributed by atoms with E-state index in [2.05, 4.69) is 224 Å². The number of rotatable bonds is 5. The minimum Gasteiger partial charge on any atom is -0.455 e. The van der Waals surface area contributed by atoms with Crippen molar-refractivity contribution in [3.63, 3.8) is 0 Å². The Morgan fingerprint density at radius 1 is 0.462 bits per heavy atom. The van der Waals surface area contributed by atoms with E-state index in [1.807, 2.05) is 0 Å². The predicted molar refractivity (Wildman–Crippen MR) is 274 cm³/mol. The largest absolute Gasteiger partial charge is 0.455 e. The van der Waals surface area contributed by atoms with Crippen LogP contribution in [-0.4, -0.2) is 16.1 Å². The first-order valence-corrected chi connectivity index (χ1v) is 22.4. The van der Waals surface area contributed by atoms with Gasteiger partial charge in [0, 0.05) is 55.6 Å². The van der Waals surface area contributed by atoms with Gasteiger partial charge in [-0.2, -0.15) is 0 Å². The molecule has 0 bridgehead atoms. The zero-order valence-electron chi connectivity index (χ0n) is 35.7. The van der Waals surface area contributed by atoms with Crippen molar-refractivity contribution in [2.24, 2.45) is 15.9 Å². The van der Waals surface area contributed by atoms with E-state index in [1.165, 1.54) is 37.9 Å². The third kappa shape index (κ3) is 6.21. The first-order valence-electron chi connectivity index (χ1n) is 22.4. The lowest BCUT2D eigenvalue weighted by Gasteiger charge is -2.20. The molecule has 4 nitrogen and oxygen atoms in total. The van der Waals surface area contributed by atoms with Gasteiger partial charge >= 0.3 is 0 Å². The minimum atomic E-state index is 0.0190. The van der Waals surface area contributed by atoms with E-state index < -0.39 is 0 Å². The molecule has 10 aromatic carbocycles. The Hall–Kier alpha value is -8.34. The van der Waals surface area contributed by atoms with E-state index in [0.717, 1.165) is 89.5 Å². The van der Waals surface area contributed by atoms with E-state index >= 15 is 0 Å². The molecule has 0 aliphatic carbocycles. The van der Waals surface area contributed by atoms with Crippen LogP contribution in [0.3, 0.4) is 0 Å². The Labute approximate surface area is 375 Å². The van der Waals surface area contributed by atoms with Gasteiger partial charge in [-0.25, -0.2) is 9.98 Å². The molecule has 306 valence electrons. The summed E-state index contributed by atoms with van der Waals surface area (Å²) in [5.41, 5.74) is 12.3. The first-order chi connectivity index (χ1) is 32.1. The third-order valence-electron chi connectivity index (χ3n) is 13.4. The number of aromatic nitrogens is 1. The molecular formula is C61H41N3O. The number of furan rings is 1. The average Bonchev–Trinajstić information content (AvgIpc) is 3.90. The normalized spacial score (nSPS) is 17.0. The molecule has 1 unspecified atom stereocenters. The number of amidine groups is 1. The maximum atomic E-state index is 7.09. The molecule has 12 aromatic rings. The molecular weight excluding hydrogens is 791 g/mol. The van der Waals surface area contributed by atoms with Crippen LogP contribution in [0.2, 0.25) is 0 Å². The number of aliphatic imine (C=N–C) groups is 2. The number of hydrogen-bond donors (Lipinski definition) is 0. The zero-order valence-corrected chi connectivity index (χ0v) is 35.7. The third-order valence-corrected chi connectivity index (χ3v) is 13.4. The smallest absolute Gasteiger partial charge is 0.160 e. The van der Waals surface area contributed by atoms with Gasteiger partial charge in [0.1, 0.15) is 11.2 Å². The molecule has 0 spiro atoms. The van der Waals surface area contributed by atoms with Crippen LogP contribution in [0.5, 0.6) is 0 Å². The lowest BCUT2D eigenvalue weighted by Crippen LogP contribution is -2.18. The number of hydrogen-bond acceptors (Lipinski definition) is 3. The Kier molecular flexibility index (Phi) is 8.53. The SMILES string of the molecule is CC1C/C=C(c2ccc3ccccc3c2)/N=C(c2ccc(-c3ccccc3)cc2)\N=C/1c1cc(-n2c3ccccc3c3cc4ccccc4cc32)cc2oc3c4ccccc4ccc3c12. The fourth-order valence-corrected chi connectivity index (χ4v) is 10.1. The number of fused-ring (bicyclic) bond motifs is 10. The average molecular weight is 832 g/mol. The highest BCUT2D eigenvalue weighted by Crippen LogP contribution is 2.42. The maximum absolute atomic E-state index is 7.09. The fourth-order valence-electron chi connectivity index (χ4n) is 10.1. The van der Waals surface area contributed by atoms with Crippen LogP contribution in [0.1, 0.15) is 30.0 Å². The number of nitrogens with zero attached hydrogens (tertiary/aromatic N) is 3. The van der Waals surface area contributed by atoms with Gasteiger partial charge in [-0.15, -0.1) is 0 Å². The van der Waals surface area contributed by atoms with Gasteiger partial charge in [-0.3, -0.25) is 0 Å². The Bertz CT molecular complexity index is 3980. The summed E-state index contributed by atoms with van der Waals surface area (Å²) in [5.74, 6) is 0.691. The highest BCUT2D eigenvalue weighted by molar-refractivity contribution is 6.26. The monoisotopic (exact) mass is 831 g/mol. The topological polar surface area (TPSA) is 42.8 Å². The predicted octanol–water partition coefficient (Wildman–Crippen LogP) is 16.1. The standard InChI is InChI=1S/C61H41N3O/c1-38-23-32-54(47-29-26-40-15-5-6-17-44(40)33-47)62-61(43-27-24-41(25-28-43)39-13-3-2-4-14-39)63-59(38)53-36-48(37-57-58(53)51-31-30-42-16-9-10-20-49(42)60(51)65-57)64-55-22-12-11-21-50(55)52-34-45-18-7-8-19-46(45)35-56(52)64/h2-22,24-38H,23H2,1H3/b54-32+,62-61-,63-59+. The molecule has 13 rings (SSSR count). The number of allylic oxidation sites excluding steroid dienone is 1. The van der Waals surface area contributed by atoms with Crippen LogP contribution < -0.4 is 0 Å². The van der Waals surface area contributed by atoms with Gasteiger partial charge in [-0.05, 0) is 80.9 Å². The van der Waals surface area contributed by atoms with Gasteiger partial charge in [0.15, 0.2) is 5.84 Å². The van der Waals surface area contributed by atoms with Gasteiger partial charge in [0.2, 0.25) is 0 Å². The van der Waals surface area contributed by atoms with E-state index in [9.17, 15) is 0 Å². The van der Waals surface area contributed by atoms with E-state index in [-0.39, 0.29) is 5.92 Å². The van der Waals surface area contributed by atoms with Crippen molar-refractivity contribution < 1.29 is 4.42 Å². The second-order valence-corrected chi connectivity index (χ2v) is 17.4. The van der Waals surface area contributed by atoms with Crippen LogP contribution in [0, 0.1) is 5.92 Å². The van der Waals surface area contributed by atoms with E-state index in [0.29, 0.717) is 5.84 Å². The fraction of sp³-hybridized carbons (Fsp3) is 0.0492. The van der Waals surface area contributed by atoms with Crippen molar-refractivity contribution in [3.05, 3.63) is 229 Å². The van der Waals surface area contributed by atoms with Gasteiger partial charge in [0.05, 0.1) is 28.1 Å². The molecule has 1 atom stereocenters. The molecule has 0 fully saturated rings. The maximum Gasteiger partial charge on any atom is 0.160 e. The summed E-state index contributed by atoms with van der Waals surface area (Å²) < 4.78 is 9.50. The van der Waals surface area contributed by atoms with Gasteiger partial charge < -0.3 is 8.98 Å². The molecule has 2 aromatic heterocycles. The highest BCUT2D eigenvalue weighted by atomic mass is 16.3. The van der Waals surface area contributed by atoms with E-state index in [4.69, 9.17) is 14.4 Å². The molecule has 0 saturated heterocycles. The molecule has 3 heterocycles. The summed E-state index contributed by atoms with van der Waals surface area (Å²) in [6, 6.07) is 73.9. The van der Waals surface area contributed by atoms with Crippen LogP contribution in [-0.2, 0) is 0 Å². The van der Waals surface area contributed by atoms with Crippen molar-refractivity contribution in [2.45, 2.75) is 13.3 Å². The minimum absolute atomic E-state index is 0.0190. The number of para-hydroxylation sites is 1. The molecule has 4 heteroatoms. The summed E-state index contributed by atoms with van der Waals surface area (Å²) in [4.78, 5) is 11.3. The van der Waals surface area contributed by atoms with Crippen molar-refractivity contribution in [2.75, 3.05) is 0 Å². The van der Waals surface area contributed by atoms with Crippen molar-refractivity contribution in [1.82, 2.24) is 4.57 Å². The molecule has 65 heavy (non-hydrogen) atoms. The Morgan fingerprint density at radius 3 is 1.91 bits per heavy atom. The Balaban J connectivity index is 1.09. The molecule has 0 saturated carbocycles. The number of benzene rings is 10. The first kappa shape index (κ1) is 37.2. The quantitative estimate of drug-likeness (QED) is 0.170. The van der Waals surface area contributed by atoms with E-state index in [1.54, 1.807) is 0 Å². The lowest BCUT2D eigenvalue weighted by molar-refractivity contribution is 0.672. The molecule has 1 aliphatic heterocycles. The molecule has 0 N–H and O–H groups in total. The molecule has 0 radical (unpaired) electrons. The summed E-state index contributed by atoms with van der Waals surface area (Å²) in [5, 5.41) is 11.6. The van der Waals surface area contributed by atoms with Crippen molar-refractivity contribution >= 4 is 93.3 Å². The highest BCUT2D eigenvalue weighted by Gasteiger charge is 2.25. The Morgan fingerprint density at radius 2 is 1.09 bits per heavy atom. The van der Waals surface area contributed by atoms with Crippen LogP contribution in [0.4, 0.5) is 0 Å². The van der Waals surface area contributed by atoms with Crippen LogP contribution >= 0.6 is 0 Å². The van der Waals surface area contributed by atoms with Crippen molar-refractivity contribution in [3.8, 4) is 16.8 Å². The van der Waals surface area contributed by atoms with Gasteiger partial charge in [-0.1, -0.05) is 177 Å². The van der Waals surface area contributed by atoms with Crippen LogP contribution in [0.15, 0.2) is 227 Å². The second-order valence-electron chi connectivity index (χ2n) is 17.4. The zero-order chi connectivity index (χ0) is 43.0. The summed E-state index contributed by atoms with van der Waals surface area (Å²) in [6.07, 6.45) is 3.05. The lowest BCUT2D eigenvalue weighted by atomic mass is 9.90. The second kappa shape index (κ2) is 14.9. The summed E-state index contributed by atoms with van der Waals surface area (Å²) >= 11 is 0. The van der Waals surface area contributed by atoms with Crippen LogP contribution in [0.25, 0.3) is 98.6 Å². The summed E-state index contributed by atoms with van der Waals surface area (Å²) in [6.45, 7) is 2.30. The van der Waals surface area contributed by atoms with Gasteiger partial charge in [0.25, 0.3) is 0 Å². The molecule has 1 aliphatic rings. The van der Waals surface area contributed by atoms with Crippen molar-refractivity contribution in [1.29, 1.82) is 0 Å². The molecule has 0 amide bonds. The summed E-state index contributed by atoms with van der Waals surface area (Å²) in [7, 11) is 0.